The third kappa shape index (κ3) is 4.49. The maximum atomic E-state index is 14.5. The van der Waals surface area contributed by atoms with E-state index in [-0.39, 0.29) is 17.5 Å². The van der Waals surface area contributed by atoms with Gasteiger partial charge in [0.2, 0.25) is 0 Å². The summed E-state index contributed by atoms with van der Waals surface area (Å²) in [5, 5.41) is 3.76. The van der Waals surface area contributed by atoms with Crippen molar-refractivity contribution in [2.45, 2.75) is 5.41 Å². The minimum Gasteiger partial charge on any atom is -0.207 e. The molecule has 0 saturated heterocycles. The summed E-state index contributed by atoms with van der Waals surface area (Å²) in [6.45, 7) is 0. The molecule has 0 saturated carbocycles. The topological polar surface area (TPSA) is 0 Å². The van der Waals surface area contributed by atoms with Gasteiger partial charge in [-0.05, 0) is 119 Å². The molecule has 8 aromatic carbocycles. The predicted molar refractivity (Wildman–Crippen MR) is 212 cm³/mol. The first-order chi connectivity index (χ1) is 26.0. The Morgan fingerprint density at radius 2 is 0.698 bits per heavy atom. The predicted octanol–water partition coefficient (Wildman–Crippen LogP) is 9.49. The highest BCUT2D eigenvalue weighted by Gasteiger charge is 2.51. The Hall–Kier alpha value is -6.23. The van der Waals surface area contributed by atoms with Crippen molar-refractivity contribution in [3.8, 4) is 33.4 Å². The minimum absolute atomic E-state index is 0.341. The second kappa shape index (κ2) is 11.9. The van der Waals surface area contributed by atoms with E-state index in [2.05, 4.69) is 115 Å². The van der Waals surface area contributed by atoms with Crippen LogP contribution in [-0.4, -0.2) is 8.07 Å². The monoisotopic (exact) mass is 704 g/mol. The molecule has 252 valence electrons. The zero-order chi connectivity index (χ0) is 35.7. The van der Waals surface area contributed by atoms with Gasteiger partial charge in [0.25, 0.3) is 0 Å². The lowest BCUT2D eigenvalue weighted by Crippen LogP contribution is -2.74. The molecule has 0 unspecified atom stereocenters. The van der Waals surface area contributed by atoms with E-state index in [1.807, 2.05) is 36.4 Å². The van der Waals surface area contributed by atoms with Crippen molar-refractivity contribution in [1.82, 2.24) is 0 Å². The third-order valence-electron chi connectivity index (χ3n) is 11.5. The molecule has 2 aliphatic carbocycles. The molecule has 0 fully saturated rings. The summed E-state index contributed by atoms with van der Waals surface area (Å²) in [6.07, 6.45) is 0. The Bertz CT molecular complexity index is 2520. The van der Waals surface area contributed by atoms with Crippen molar-refractivity contribution in [2.24, 2.45) is 0 Å². The quantitative estimate of drug-likeness (QED) is 0.124. The molecule has 0 aromatic heterocycles. The van der Waals surface area contributed by atoms with Crippen LogP contribution >= 0.6 is 0 Å². The van der Waals surface area contributed by atoms with E-state index in [1.54, 1.807) is 0 Å². The zero-order valence-corrected chi connectivity index (χ0v) is 29.5. The van der Waals surface area contributed by atoms with E-state index in [4.69, 9.17) is 0 Å². The summed E-state index contributed by atoms with van der Waals surface area (Å²) < 4.78 is 43.5. The van der Waals surface area contributed by atoms with Crippen LogP contribution in [0.15, 0.2) is 188 Å². The average molecular weight is 705 g/mol. The Balaban J connectivity index is 1.23. The molecule has 0 nitrogen and oxygen atoms in total. The lowest BCUT2D eigenvalue weighted by molar-refractivity contribution is 0.628. The molecule has 0 radical (unpaired) electrons. The van der Waals surface area contributed by atoms with E-state index in [0.29, 0.717) is 0 Å². The van der Waals surface area contributed by atoms with Crippen LogP contribution in [0.25, 0.3) is 33.4 Å². The Labute approximate surface area is 307 Å². The molecule has 0 amide bonds. The summed E-state index contributed by atoms with van der Waals surface area (Å²) >= 11 is 0. The summed E-state index contributed by atoms with van der Waals surface area (Å²) in [7, 11) is -3.23. The number of fused-ring (bicyclic) bond motifs is 10. The highest BCUT2D eigenvalue weighted by molar-refractivity contribution is 7.19. The van der Waals surface area contributed by atoms with E-state index in [0.717, 1.165) is 31.9 Å². The first kappa shape index (κ1) is 31.5. The van der Waals surface area contributed by atoms with Crippen molar-refractivity contribution in [3.63, 3.8) is 0 Å². The number of benzene rings is 8. The fourth-order valence-electron chi connectivity index (χ4n) is 9.31. The molecule has 2 aliphatic rings. The molecule has 10 rings (SSSR count). The van der Waals surface area contributed by atoms with Crippen LogP contribution in [0, 0.1) is 17.5 Å². The number of hydrogen-bond donors (Lipinski definition) is 0. The van der Waals surface area contributed by atoms with E-state index >= 15 is 0 Å². The summed E-state index contributed by atoms with van der Waals surface area (Å²) in [5.41, 5.74) is 11.7. The molecule has 0 aliphatic heterocycles. The molecule has 0 N–H and O–H groups in total. The molecule has 0 bridgehead atoms. The maximum Gasteiger partial charge on any atom is 0.179 e. The van der Waals surface area contributed by atoms with Crippen LogP contribution in [0.1, 0.15) is 22.3 Å². The minimum atomic E-state index is -3.23. The molecule has 4 heteroatoms. The van der Waals surface area contributed by atoms with Crippen LogP contribution in [0.5, 0.6) is 0 Å². The SMILES string of the molecule is Fc1ccc([Si](c2ccc(F)cc2)(c2ccc(F)cc2)c2cccc(-c3ccc4c(c3)C3(c5ccccc5-c5ccccc53)c3ccccc3-4)c2)cc1. The summed E-state index contributed by atoms with van der Waals surface area (Å²) in [5.74, 6) is -1.02. The van der Waals surface area contributed by atoms with Gasteiger partial charge in [-0.1, -0.05) is 146 Å². The van der Waals surface area contributed by atoms with Crippen LogP contribution in [0.3, 0.4) is 0 Å². The first-order valence-corrected chi connectivity index (χ1v) is 19.8. The second-order valence-electron chi connectivity index (χ2n) is 14.0. The Morgan fingerprint density at radius 1 is 0.302 bits per heavy atom. The molecule has 1 spiro atoms. The van der Waals surface area contributed by atoms with Crippen LogP contribution < -0.4 is 20.7 Å². The van der Waals surface area contributed by atoms with Gasteiger partial charge in [0.05, 0.1) is 5.41 Å². The largest absolute Gasteiger partial charge is 0.207 e. The fourth-order valence-corrected chi connectivity index (χ4v) is 14.0. The lowest BCUT2D eigenvalue weighted by Gasteiger charge is -2.35. The van der Waals surface area contributed by atoms with Crippen molar-refractivity contribution in [2.75, 3.05) is 0 Å². The van der Waals surface area contributed by atoms with Gasteiger partial charge in [0, 0.05) is 0 Å². The van der Waals surface area contributed by atoms with Crippen LogP contribution in [-0.2, 0) is 5.41 Å². The normalized spacial score (nSPS) is 13.3. The zero-order valence-electron chi connectivity index (χ0n) is 28.5. The molecular weight excluding hydrogens is 674 g/mol. The molecule has 0 heterocycles. The second-order valence-corrected chi connectivity index (χ2v) is 17.8. The van der Waals surface area contributed by atoms with Gasteiger partial charge >= 0.3 is 0 Å². The number of hydrogen-bond acceptors (Lipinski definition) is 0. The van der Waals surface area contributed by atoms with Gasteiger partial charge in [0.1, 0.15) is 17.5 Å². The molecule has 0 atom stereocenters. The average Bonchev–Trinajstić information content (AvgIpc) is 3.67. The molecule has 8 aromatic rings. The van der Waals surface area contributed by atoms with Crippen molar-refractivity contribution >= 4 is 28.8 Å². The Morgan fingerprint density at radius 3 is 1.15 bits per heavy atom. The highest BCUT2D eigenvalue weighted by atomic mass is 28.3. The van der Waals surface area contributed by atoms with Gasteiger partial charge in [0.15, 0.2) is 8.07 Å². The Kier molecular flexibility index (Phi) is 7.08. The van der Waals surface area contributed by atoms with Crippen molar-refractivity contribution in [3.05, 3.63) is 228 Å². The molecule has 53 heavy (non-hydrogen) atoms. The van der Waals surface area contributed by atoms with Gasteiger partial charge in [-0.15, -0.1) is 0 Å². The fraction of sp³-hybridized carbons (Fsp3) is 0.0204. The highest BCUT2D eigenvalue weighted by Crippen LogP contribution is 2.62. The first-order valence-electron chi connectivity index (χ1n) is 17.8. The number of rotatable bonds is 5. The lowest BCUT2D eigenvalue weighted by atomic mass is 9.70. The van der Waals surface area contributed by atoms with Gasteiger partial charge in [-0.2, -0.15) is 0 Å². The van der Waals surface area contributed by atoms with Crippen molar-refractivity contribution < 1.29 is 13.2 Å². The third-order valence-corrected chi connectivity index (χ3v) is 16.2. The maximum absolute atomic E-state index is 14.5. The molecular formula is C49H31F3Si. The van der Waals surface area contributed by atoms with Crippen LogP contribution in [0.2, 0.25) is 0 Å². The van der Waals surface area contributed by atoms with E-state index < -0.39 is 13.5 Å². The summed E-state index contributed by atoms with van der Waals surface area (Å²) in [6, 6.07) is 61.5. The number of halogens is 3. The van der Waals surface area contributed by atoms with Gasteiger partial charge < -0.3 is 0 Å². The van der Waals surface area contributed by atoms with Crippen molar-refractivity contribution in [1.29, 1.82) is 0 Å². The van der Waals surface area contributed by atoms with Gasteiger partial charge in [-0.25, -0.2) is 13.2 Å². The van der Waals surface area contributed by atoms with E-state index in [1.165, 1.54) is 80.9 Å². The van der Waals surface area contributed by atoms with Crippen LogP contribution in [0.4, 0.5) is 13.2 Å². The smallest absolute Gasteiger partial charge is 0.179 e. The standard InChI is InChI=1S/C49H31F3Si/c50-34-17-23-37(24-18-34)53(38-25-19-35(51)20-26-38,39-27-21-36(52)22-28-39)40-9-7-8-32(30-40)33-16-29-44-43-12-3-6-15-47(43)49(48(44)31-33)45-13-4-1-10-41(45)42-11-2-5-14-46(42)49/h1-31H. The van der Waals surface area contributed by atoms with E-state index in [9.17, 15) is 13.2 Å². The van der Waals surface area contributed by atoms with Gasteiger partial charge in [-0.3, -0.25) is 0 Å². The summed E-state index contributed by atoms with van der Waals surface area (Å²) in [4.78, 5) is 0.